The number of carbonyl (C=O) groups excluding carboxylic acids is 2. The van der Waals surface area contributed by atoms with Crippen LogP contribution >= 0.6 is 0 Å². The van der Waals surface area contributed by atoms with Crippen LogP contribution < -0.4 is 10.9 Å². The number of benzene rings is 2. The Hall–Kier alpha value is -3.28. The smallest absolute Gasteiger partial charge is 0.267 e. The average Bonchev–Trinajstić information content (AvgIpc) is 2.59. The summed E-state index contributed by atoms with van der Waals surface area (Å²) >= 11 is 0. The largest absolute Gasteiger partial charge is 0.271 e. The molecule has 0 radical (unpaired) electrons. The van der Waals surface area contributed by atoms with Crippen LogP contribution in [0.1, 0.15) is 20.7 Å². The van der Waals surface area contributed by atoms with Crippen molar-refractivity contribution in [3.63, 3.8) is 0 Å². The highest BCUT2D eigenvalue weighted by molar-refractivity contribution is 6.16. The van der Waals surface area contributed by atoms with E-state index in [2.05, 4.69) is 21.1 Å². The minimum Gasteiger partial charge on any atom is -0.267 e. The number of hydrogen-bond acceptors (Lipinski definition) is 4. The molecule has 6 heteroatoms. The first kappa shape index (κ1) is 15.1. The lowest BCUT2D eigenvalue weighted by atomic mass is 10.2. The van der Waals surface area contributed by atoms with Gasteiger partial charge in [0.25, 0.3) is 11.8 Å². The molecule has 0 spiro atoms. The third kappa shape index (κ3) is 4.68. The number of rotatable bonds is 5. The lowest BCUT2D eigenvalue weighted by Gasteiger charge is -1.98. The minimum atomic E-state index is -0.321. The van der Waals surface area contributed by atoms with Gasteiger partial charge in [-0.1, -0.05) is 36.4 Å². The second-order valence-corrected chi connectivity index (χ2v) is 4.17. The monoisotopic (exact) mass is 294 g/mol. The van der Waals surface area contributed by atoms with Crippen LogP contribution in [0.15, 0.2) is 70.9 Å². The molecule has 0 fully saturated rings. The molecule has 2 rings (SSSR count). The predicted molar refractivity (Wildman–Crippen MR) is 84.8 cm³/mol. The highest BCUT2D eigenvalue weighted by Gasteiger charge is 2.01. The van der Waals surface area contributed by atoms with E-state index < -0.39 is 0 Å². The molecule has 0 aliphatic carbocycles. The Morgan fingerprint density at radius 2 is 1.05 bits per heavy atom. The Morgan fingerprint density at radius 3 is 1.41 bits per heavy atom. The number of hydrogen-bond donors (Lipinski definition) is 2. The Morgan fingerprint density at radius 1 is 0.682 bits per heavy atom. The lowest BCUT2D eigenvalue weighted by molar-refractivity contribution is 0.0946. The van der Waals surface area contributed by atoms with Crippen molar-refractivity contribution in [2.24, 2.45) is 10.2 Å². The molecule has 110 valence electrons. The van der Waals surface area contributed by atoms with Crippen molar-refractivity contribution in [1.82, 2.24) is 10.9 Å². The summed E-state index contributed by atoms with van der Waals surface area (Å²) in [6.45, 7) is 0. The van der Waals surface area contributed by atoms with E-state index in [-0.39, 0.29) is 11.8 Å². The molecule has 0 heterocycles. The molecule has 6 nitrogen and oxygen atoms in total. The third-order valence-corrected chi connectivity index (χ3v) is 2.62. The van der Waals surface area contributed by atoms with Crippen LogP contribution in [0.3, 0.4) is 0 Å². The van der Waals surface area contributed by atoms with Gasteiger partial charge in [0.15, 0.2) is 0 Å². The van der Waals surface area contributed by atoms with Crippen LogP contribution in [0.5, 0.6) is 0 Å². The molecule has 0 aliphatic rings. The first-order valence-electron chi connectivity index (χ1n) is 6.53. The van der Waals surface area contributed by atoms with Crippen molar-refractivity contribution in [2.75, 3.05) is 0 Å². The molecule has 2 amide bonds. The van der Waals surface area contributed by atoms with Gasteiger partial charge in [-0.25, -0.2) is 10.9 Å². The SMILES string of the molecule is O=C(NN=CC=NNC(=O)c1ccccc1)c1ccccc1. The molecule has 0 saturated heterocycles. The molecule has 22 heavy (non-hydrogen) atoms. The number of carbonyl (C=O) groups is 2. The maximum absolute atomic E-state index is 11.6. The summed E-state index contributed by atoms with van der Waals surface area (Å²) in [6.07, 6.45) is 2.54. The van der Waals surface area contributed by atoms with E-state index in [1.54, 1.807) is 48.5 Å². The molecule has 2 aromatic carbocycles. The van der Waals surface area contributed by atoms with Crippen molar-refractivity contribution < 1.29 is 9.59 Å². The van der Waals surface area contributed by atoms with Gasteiger partial charge in [-0.2, -0.15) is 10.2 Å². The summed E-state index contributed by atoms with van der Waals surface area (Å²) in [4.78, 5) is 23.3. The highest BCUT2D eigenvalue weighted by atomic mass is 16.2. The third-order valence-electron chi connectivity index (χ3n) is 2.62. The first-order chi connectivity index (χ1) is 10.8. The minimum absolute atomic E-state index is 0.321. The number of nitrogens with one attached hydrogen (secondary N) is 2. The van der Waals surface area contributed by atoms with Crippen molar-refractivity contribution in [2.45, 2.75) is 0 Å². The molecule has 2 N–H and O–H groups in total. The van der Waals surface area contributed by atoms with Gasteiger partial charge in [0.05, 0.1) is 12.4 Å². The van der Waals surface area contributed by atoms with Crippen LogP contribution in [-0.2, 0) is 0 Å². The second-order valence-electron chi connectivity index (χ2n) is 4.17. The van der Waals surface area contributed by atoms with Gasteiger partial charge >= 0.3 is 0 Å². The summed E-state index contributed by atoms with van der Waals surface area (Å²) < 4.78 is 0. The van der Waals surface area contributed by atoms with Gasteiger partial charge in [-0.3, -0.25) is 9.59 Å². The van der Waals surface area contributed by atoms with Crippen LogP contribution in [0.2, 0.25) is 0 Å². The summed E-state index contributed by atoms with van der Waals surface area (Å²) in [5.74, 6) is -0.642. The zero-order valence-electron chi connectivity index (χ0n) is 11.6. The fraction of sp³-hybridized carbons (Fsp3) is 0. The van der Waals surface area contributed by atoms with E-state index in [1.807, 2.05) is 12.1 Å². The molecule has 0 aliphatic heterocycles. The zero-order chi connectivity index (χ0) is 15.6. The van der Waals surface area contributed by atoms with Crippen molar-refractivity contribution in [3.05, 3.63) is 71.8 Å². The zero-order valence-corrected chi connectivity index (χ0v) is 11.6. The summed E-state index contributed by atoms with van der Waals surface area (Å²) in [6, 6.07) is 17.4. The number of amides is 2. The highest BCUT2D eigenvalue weighted by Crippen LogP contribution is 1.98. The lowest BCUT2D eigenvalue weighted by Crippen LogP contribution is -2.18. The number of nitrogens with zero attached hydrogens (tertiary/aromatic N) is 2. The summed E-state index contributed by atoms with van der Waals surface area (Å²) in [5, 5.41) is 7.38. The maximum Gasteiger partial charge on any atom is 0.271 e. The van der Waals surface area contributed by atoms with Crippen LogP contribution in [-0.4, -0.2) is 24.2 Å². The maximum atomic E-state index is 11.6. The van der Waals surface area contributed by atoms with Gasteiger partial charge in [0, 0.05) is 11.1 Å². The van der Waals surface area contributed by atoms with Gasteiger partial charge in [0.1, 0.15) is 0 Å². The summed E-state index contributed by atoms with van der Waals surface area (Å²) in [7, 11) is 0. The second kappa shape index (κ2) is 8.11. The van der Waals surface area contributed by atoms with Gasteiger partial charge in [0.2, 0.25) is 0 Å². The molecule has 0 aromatic heterocycles. The fourth-order valence-electron chi connectivity index (χ4n) is 1.57. The Kier molecular flexibility index (Phi) is 5.57. The van der Waals surface area contributed by atoms with E-state index >= 15 is 0 Å². The average molecular weight is 294 g/mol. The van der Waals surface area contributed by atoms with E-state index in [0.29, 0.717) is 11.1 Å². The first-order valence-corrected chi connectivity index (χ1v) is 6.53. The molecule has 0 unspecified atom stereocenters. The van der Waals surface area contributed by atoms with Crippen molar-refractivity contribution >= 4 is 24.2 Å². The van der Waals surface area contributed by atoms with E-state index in [4.69, 9.17) is 0 Å². The van der Waals surface area contributed by atoms with Crippen LogP contribution in [0.4, 0.5) is 0 Å². The van der Waals surface area contributed by atoms with E-state index in [1.165, 1.54) is 12.4 Å². The predicted octanol–water partition coefficient (Wildman–Crippen LogP) is 1.82. The van der Waals surface area contributed by atoms with E-state index in [9.17, 15) is 9.59 Å². The van der Waals surface area contributed by atoms with Gasteiger partial charge < -0.3 is 0 Å². The standard InChI is InChI=1S/C16H14N4O2/c21-15(13-7-3-1-4-8-13)19-17-11-12-18-20-16(22)14-9-5-2-6-10-14/h1-12H,(H,19,21)(H,20,22). The van der Waals surface area contributed by atoms with Crippen molar-refractivity contribution in [1.29, 1.82) is 0 Å². The van der Waals surface area contributed by atoms with Crippen LogP contribution in [0.25, 0.3) is 0 Å². The Labute approximate surface area is 127 Å². The van der Waals surface area contributed by atoms with Gasteiger partial charge in [-0.05, 0) is 24.3 Å². The molecule has 0 saturated carbocycles. The molecule has 0 bridgehead atoms. The summed E-state index contributed by atoms with van der Waals surface area (Å²) in [5.41, 5.74) is 5.71. The Bertz CT molecular complexity index is 620. The Balaban J connectivity index is 1.76. The fourth-order valence-corrected chi connectivity index (χ4v) is 1.57. The quantitative estimate of drug-likeness (QED) is 0.651. The van der Waals surface area contributed by atoms with Crippen molar-refractivity contribution in [3.8, 4) is 0 Å². The number of hydrazone groups is 2. The normalized spacial score (nSPS) is 10.7. The molecule has 0 atom stereocenters. The molecular formula is C16H14N4O2. The van der Waals surface area contributed by atoms with E-state index in [0.717, 1.165) is 0 Å². The van der Waals surface area contributed by atoms with Crippen LogP contribution in [0, 0.1) is 0 Å². The topological polar surface area (TPSA) is 82.9 Å². The van der Waals surface area contributed by atoms with Gasteiger partial charge in [-0.15, -0.1) is 0 Å². The molecule has 2 aromatic rings. The molecular weight excluding hydrogens is 280 g/mol.